The van der Waals surface area contributed by atoms with E-state index in [4.69, 9.17) is 0 Å². The van der Waals surface area contributed by atoms with Crippen LogP contribution < -0.4 is 5.32 Å². The molecule has 2 rings (SSSR count). The van der Waals surface area contributed by atoms with Crippen LogP contribution in [0.25, 0.3) is 0 Å². The van der Waals surface area contributed by atoms with Crippen molar-refractivity contribution in [1.82, 2.24) is 20.1 Å². The Kier molecular flexibility index (Phi) is 5.61. The van der Waals surface area contributed by atoms with Crippen molar-refractivity contribution in [3.63, 3.8) is 0 Å². The van der Waals surface area contributed by atoms with Crippen LogP contribution in [-0.4, -0.2) is 21.3 Å². The number of pyridine rings is 1. The molecule has 2 aromatic rings. The van der Waals surface area contributed by atoms with Gasteiger partial charge in [0.05, 0.1) is 16.8 Å². The lowest BCUT2D eigenvalue weighted by molar-refractivity contribution is 0.507. The lowest BCUT2D eigenvalue weighted by atomic mass is 10.1. The second kappa shape index (κ2) is 7.45. The van der Waals surface area contributed by atoms with E-state index in [0.717, 1.165) is 34.9 Å². The molecule has 1 N–H and O–H groups in total. The van der Waals surface area contributed by atoms with Crippen molar-refractivity contribution in [3.8, 4) is 0 Å². The number of aromatic nitrogens is 3. The minimum atomic E-state index is 0.354. The van der Waals surface area contributed by atoms with E-state index in [-0.39, 0.29) is 0 Å². The Bertz CT molecular complexity index is 521. The molecule has 1 unspecified atom stereocenters. The van der Waals surface area contributed by atoms with Gasteiger partial charge >= 0.3 is 0 Å². The quantitative estimate of drug-likeness (QED) is 0.848. The van der Waals surface area contributed by atoms with E-state index >= 15 is 0 Å². The minimum absolute atomic E-state index is 0.354. The van der Waals surface area contributed by atoms with Crippen LogP contribution in [0.2, 0.25) is 0 Å². The Hall–Kier alpha value is -1.33. The van der Waals surface area contributed by atoms with E-state index in [1.807, 2.05) is 30.3 Å². The van der Waals surface area contributed by atoms with Crippen LogP contribution in [0, 0.1) is 0 Å². The van der Waals surface area contributed by atoms with Crippen molar-refractivity contribution < 1.29 is 0 Å². The van der Waals surface area contributed by atoms with Gasteiger partial charge in [0.2, 0.25) is 0 Å². The molecule has 0 aromatic carbocycles. The van der Waals surface area contributed by atoms with E-state index in [1.54, 1.807) is 11.8 Å². The third-order valence-electron chi connectivity index (χ3n) is 3.08. The van der Waals surface area contributed by atoms with Gasteiger partial charge in [-0.1, -0.05) is 25.6 Å². The Morgan fingerprint density at radius 1 is 1.25 bits per heavy atom. The predicted octanol–water partition coefficient (Wildman–Crippen LogP) is 3.42. The van der Waals surface area contributed by atoms with Crippen molar-refractivity contribution in [2.45, 2.75) is 42.5 Å². The van der Waals surface area contributed by atoms with Crippen LogP contribution in [0.4, 0.5) is 0 Å². The molecule has 1 atom stereocenters. The molecule has 0 fully saturated rings. The molecule has 0 radical (unpaired) electrons. The maximum Gasteiger partial charge on any atom is 0.0629 e. The monoisotopic (exact) mass is 290 g/mol. The molecule has 0 saturated carbocycles. The van der Waals surface area contributed by atoms with Gasteiger partial charge in [-0.15, -0.1) is 0 Å². The fourth-order valence-corrected chi connectivity index (χ4v) is 2.84. The summed E-state index contributed by atoms with van der Waals surface area (Å²) < 4.78 is 1.81. The van der Waals surface area contributed by atoms with E-state index in [9.17, 15) is 0 Å². The van der Waals surface area contributed by atoms with Gasteiger partial charge < -0.3 is 5.32 Å². The lowest BCUT2D eigenvalue weighted by Crippen LogP contribution is -2.22. The highest BCUT2D eigenvalue weighted by molar-refractivity contribution is 7.99. The lowest BCUT2D eigenvalue weighted by Gasteiger charge is -2.16. The topological polar surface area (TPSA) is 42.7 Å². The zero-order valence-corrected chi connectivity index (χ0v) is 13.2. The Morgan fingerprint density at radius 3 is 2.65 bits per heavy atom. The molecule has 0 amide bonds. The summed E-state index contributed by atoms with van der Waals surface area (Å²) in [6.45, 7) is 5.40. The average Bonchev–Trinajstić information content (AvgIpc) is 2.86. The molecule has 20 heavy (non-hydrogen) atoms. The van der Waals surface area contributed by atoms with Crippen molar-refractivity contribution in [1.29, 1.82) is 0 Å². The van der Waals surface area contributed by atoms with Crippen LogP contribution in [0.15, 0.2) is 40.5 Å². The van der Waals surface area contributed by atoms with Gasteiger partial charge in [0.15, 0.2) is 0 Å². The van der Waals surface area contributed by atoms with E-state index in [1.165, 1.54) is 0 Å². The van der Waals surface area contributed by atoms with Gasteiger partial charge in [0.1, 0.15) is 0 Å². The molecule has 0 aliphatic carbocycles. The summed E-state index contributed by atoms with van der Waals surface area (Å²) in [5.74, 6) is 0. The summed E-state index contributed by atoms with van der Waals surface area (Å²) in [5.41, 5.74) is 1.12. The fourth-order valence-electron chi connectivity index (χ4n) is 2.02. The van der Waals surface area contributed by atoms with Crippen LogP contribution in [0.1, 0.15) is 38.4 Å². The normalized spacial score (nSPS) is 12.6. The third kappa shape index (κ3) is 4.08. The molecular weight excluding hydrogens is 268 g/mol. The van der Waals surface area contributed by atoms with Gasteiger partial charge in [-0.2, -0.15) is 5.10 Å². The largest absolute Gasteiger partial charge is 0.309 e. The molecule has 2 heterocycles. The maximum atomic E-state index is 4.60. The first-order valence-corrected chi connectivity index (χ1v) is 7.90. The zero-order chi connectivity index (χ0) is 14.4. The first-order chi connectivity index (χ1) is 9.72. The summed E-state index contributed by atoms with van der Waals surface area (Å²) in [6.07, 6.45) is 8.03. The summed E-state index contributed by atoms with van der Waals surface area (Å²) in [5, 5.41) is 7.70. The molecule has 0 spiro atoms. The molecule has 0 aliphatic heterocycles. The zero-order valence-electron chi connectivity index (χ0n) is 12.3. The Balaban J connectivity index is 2.01. The number of hydrogen-bond donors (Lipinski definition) is 1. The van der Waals surface area contributed by atoms with Crippen LogP contribution >= 0.6 is 11.8 Å². The molecule has 5 heteroatoms. The van der Waals surface area contributed by atoms with Crippen LogP contribution in [0.5, 0.6) is 0 Å². The van der Waals surface area contributed by atoms with Gasteiger partial charge in [-0.25, -0.2) is 0 Å². The molecule has 0 saturated heterocycles. The molecule has 0 bridgehead atoms. The fraction of sp³-hybridized carbons (Fsp3) is 0.467. The Morgan fingerprint density at radius 2 is 2.10 bits per heavy atom. The van der Waals surface area contributed by atoms with E-state index in [2.05, 4.69) is 41.4 Å². The predicted molar refractivity (Wildman–Crippen MR) is 82.9 cm³/mol. The standard InChI is InChI=1S/C15H22N4S/c1-4-8-16-14(5-2)15-7-6-12(9-17-15)20-13-10-18-19(3)11-13/h6-7,9-11,14,16H,4-5,8H2,1-3H3. The first kappa shape index (κ1) is 15.1. The molecular formula is C15H22N4S. The molecule has 108 valence electrons. The number of nitrogens with one attached hydrogen (secondary N) is 1. The number of rotatable bonds is 7. The third-order valence-corrected chi connectivity index (χ3v) is 4.01. The van der Waals surface area contributed by atoms with Gasteiger partial charge in [0, 0.05) is 30.4 Å². The Labute approximate surface area is 125 Å². The van der Waals surface area contributed by atoms with Crippen LogP contribution in [-0.2, 0) is 7.05 Å². The highest BCUT2D eigenvalue weighted by atomic mass is 32.2. The summed E-state index contributed by atoms with van der Waals surface area (Å²) in [4.78, 5) is 6.88. The summed E-state index contributed by atoms with van der Waals surface area (Å²) >= 11 is 1.69. The van der Waals surface area contributed by atoms with Gasteiger partial charge in [-0.05, 0) is 31.5 Å². The van der Waals surface area contributed by atoms with E-state index in [0.29, 0.717) is 6.04 Å². The highest BCUT2D eigenvalue weighted by Gasteiger charge is 2.09. The van der Waals surface area contributed by atoms with Gasteiger partial charge in [0.25, 0.3) is 0 Å². The molecule has 0 aliphatic rings. The van der Waals surface area contributed by atoms with Crippen molar-refractivity contribution in [2.75, 3.05) is 6.54 Å². The first-order valence-electron chi connectivity index (χ1n) is 7.08. The minimum Gasteiger partial charge on any atom is -0.309 e. The summed E-state index contributed by atoms with van der Waals surface area (Å²) in [6, 6.07) is 4.61. The summed E-state index contributed by atoms with van der Waals surface area (Å²) in [7, 11) is 1.93. The maximum absolute atomic E-state index is 4.60. The second-order valence-electron chi connectivity index (χ2n) is 4.79. The number of hydrogen-bond acceptors (Lipinski definition) is 4. The number of aryl methyl sites for hydroxylation is 1. The van der Waals surface area contributed by atoms with Crippen LogP contribution in [0.3, 0.4) is 0 Å². The van der Waals surface area contributed by atoms with Crippen molar-refractivity contribution in [2.24, 2.45) is 7.05 Å². The SMILES string of the molecule is CCCNC(CC)c1ccc(Sc2cnn(C)c2)cn1. The highest BCUT2D eigenvalue weighted by Crippen LogP contribution is 2.27. The van der Waals surface area contributed by atoms with Crippen molar-refractivity contribution in [3.05, 3.63) is 36.4 Å². The molecule has 4 nitrogen and oxygen atoms in total. The number of nitrogens with zero attached hydrogens (tertiary/aromatic N) is 3. The van der Waals surface area contributed by atoms with Gasteiger partial charge in [-0.3, -0.25) is 9.67 Å². The van der Waals surface area contributed by atoms with Crippen molar-refractivity contribution >= 4 is 11.8 Å². The second-order valence-corrected chi connectivity index (χ2v) is 5.93. The smallest absolute Gasteiger partial charge is 0.0629 e. The van der Waals surface area contributed by atoms with E-state index < -0.39 is 0 Å². The molecule has 2 aromatic heterocycles. The average molecular weight is 290 g/mol.